The highest BCUT2D eigenvalue weighted by atomic mass is 16.2. The Bertz CT molecular complexity index is 685. The van der Waals surface area contributed by atoms with Crippen molar-refractivity contribution in [1.29, 1.82) is 0 Å². The smallest absolute Gasteiger partial charge is 0.326 e. The summed E-state index contributed by atoms with van der Waals surface area (Å²) < 4.78 is 0. The zero-order valence-electron chi connectivity index (χ0n) is 14.3. The summed E-state index contributed by atoms with van der Waals surface area (Å²) in [7, 11) is 0. The van der Waals surface area contributed by atoms with E-state index >= 15 is 0 Å². The van der Waals surface area contributed by atoms with Crippen molar-refractivity contribution in [2.75, 3.05) is 11.4 Å². The van der Waals surface area contributed by atoms with Crippen molar-refractivity contribution in [1.82, 2.24) is 10.3 Å². The minimum atomic E-state index is -0.0615. The molecule has 0 fully saturated rings. The highest BCUT2D eigenvalue weighted by Gasteiger charge is 2.23. The molecule has 1 aliphatic carbocycles. The predicted molar refractivity (Wildman–Crippen MR) is 97.8 cm³/mol. The molecule has 0 atom stereocenters. The van der Waals surface area contributed by atoms with E-state index in [4.69, 9.17) is 0 Å². The van der Waals surface area contributed by atoms with Crippen LogP contribution in [0.4, 0.5) is 16.2 Å². The average Bonchev–Trinajstić information content (AvgIpc) is 2.63. The highest BCUT2D eigenvalue weighted by molar-refractivity contribution is 6.00. The number of nitrogens with one attached hydrogen (secondary N) is 1. The molecular formula is C20H25N3O. The molecule has 4 heteroatoms. The summed E-state index contributed by atoms with van der Waals surface area (Å²) in [5, 5.41) is 3.05. The van der Waals surface area contributed by atoms with Crippen molar-refractivity contribution in [3.8, 4) is 0 Å². The summed E-state index contributed by atoms with van der Waals surface area (Å²) in [5.74, 6) is 0. The molecule has 1 aliphatic rings. The number of benzene rings is 1. The first-order valence-electron chi connectivity index (χ1n) is 8.90. The summed E-state index contributed by atoms with van der Waals surface area (Å²) in [6.07, 6.45) is 10.1. The number of rotatable bonds is 5. The fraction of sp³-hybridized carbons (Fsp3) is 0.400. The molecule has 2 aromatic rings. The van der Waals surface area contributed by atoms with Gasteiger partial charge in [-0.25, -0.2) is 4.79 Å². The third-order valence-electron chi connectivity index (χ3n) is 4.54. The van der Waals surface area contributed by atoms with Crippen LogP contribution in [0.3, 0.4) is 0 Å². The van der Waals surface area contributed by atoms with Gasteiger partial charge in [-0.1, -0.05) is 25.5 Å². The number of pyridine rings is 1. The molecular weight excluding hydrogens is 298 g/mol. The Morgan fingerprint density at radius 1 is 1.17 bits per heavy atom. The van der Waals surface area contributed by atoms with Gasteiger partial charge >= 0.3 is 6.03 Å². The van der Waals surface area contributed by atoms with Crippen molar-refractivity contribution < 1.29 is 4.79 Å². The molecule has 0 unspecified atom stereocenters. The van der Waals surface area contributed by atoms with Crippen LogP contribution in [-0.4, -0.2) is 17.6 Å². The molecule has 1 heterocycles. The third-order valence-corrected chi connectivity index (χ3v) is 4.54. The molecule has 2 amide bonds. The van der Waals surface area contributed by atoms with Crippen molar-refractivity contribution in [3.05, 3.63) is 53.9 Å². The van der Waals surface area contributed by atoms with E-state index in [9.17, 15) is 4.79 Å². The second-order valence-electron chi connectivity index (χ2n) is 6.25. The Morgan fingerprint density at radius 2 is 1.96 bits per heavy atom. The van der Waals surface area contributed by atoms with Gasteiger partial charge in [-0.15, -0.1) is 0 Å². The van der Waals surface area contributed by atoms with Gasteiger partial charge in [0, 0.05) is 18.9 Å². The molecule has 0 saturated carbocycles. The number of carbonyl (C=O) groups excluding carboxylic acids is 1. The maximum Gasteiger partial charge on any atom is 0.326 e. The summed E-state index contributed by atoms with van der Waals surface area (Å²) in [5.41, 5.74) is 4.55. The Balaban J connectivity index is 1.97. The largest absolute Gasteiger partial charge is 0.337 e. The normalized spacial score (nSPS) is 13.2. The number of aryl methyl sites for hydroxylation is 1. The van der Waals surface area contributed by atoms with E-state index in [0.29, 0.717) is 6.54 Å². The minimum absolute atomic E-state index is 0.0615. The van der Waals surface area contributed by atoms with Gasteiger partial charge in [0.05, 0.1) is 11.4 Å². The fourth-order valence-corrected chi connectivity index (χ4v) is 3.28. The Hall–Kier alpha value is -2.36. The topological polar surface area (TPSA) is 45.2 Å². The van der Waals surface area contributed by atoms with Crippen LogP contribution in [0.15, 0.2) is 42.7 Å². The number of hydrogen-bond acceptors (Lipinski definition) is 2. The van der Waals surface area contributed by atoms with Crippen LogP contribution in [0.1, 0.15) is 43.7 Å². The standard InChI is InChI=1S/C20H25N3O/c1-2-3-13-22-20(24)23(17-11-14-21-15-12-17)19-10-6-8-16-7-4-5-9-18(16)19/h6,8,10-12,14-15H,2-5,7,9,13H2,1H3,(H,22,24). The number of unbranched alkanes of at least 4 members (excludes halogenated alkanes) is 1. The molecule has 0 saturated heterocycles. The van der Waals surface area contributed by atoms with Gasteiger partial charge in [0.2, 0.25) is 0 Å². The van der Waals surface area contributed by atoms with Gasteiger partial charge < -0.3 is 5.32 Å². The highest BCUT2D eigenvalue weighted by Crippen LogP contribution is 2.34. The van der Waals surface area contributed by atoms with E-state index < -0.39 is 0 Å². The molecule has 1 N–H and O–H groups in total. The van der Waals surface area contributed by atoms with Crippen molar-refractivity contribution in [2.24, 2.45) is 0 Å². The van der Waals surface area contributed by atoms with Gasteiger partial charge in [0.15, 0.2) is 0 Å². The Labute approximate surface area is 143 Å². The molecule has 0 bridgehead atoms. The molecule has 1 aromatic carbocycles. The number of anilines is 2. The van der Waals surface area contributed by atoms with E-state index in [1.807, 2.05) is 17.0 Å². The van der Waals surface area contributed by atoms with Crippen LogP contribution < -0.4 is 10.2 Å². The van der Waals surface area contributed by atoms with Crippen molar-refractivity contribution in [2.45, 2.75) is 45.4 Å². The number of hydrogen-bond donors (Lipinski definition) is 1. The lowest BCUT2D eigenvalue weighted by Gasteiger charge is -2.28. The number of aromatic nitrogens is 1. The molecule has 126 valence electrons. The first-order chi connectivity index (χ1) is 11.8. The van der Waals surface area contributed by atoms with Crippen LogP contribution in [0.25, 0.3) is 0 Å². The second-order valence-corrected chi connectivity index (χ2v) is 6.25. The maximum absolute atomic E-state index is 12.9. The lowest BCUT2D eigenvalue weighted by Crippen LogP contribution is -2.38. The first kappa shape index (κ1) is 16.5. The van der Waals surface area contributed by atoms with E-state index in [1.165, 1.54) is 24.0 Å². The monoisotopic (exact) mass is 323 g/mol. The molecule has 0 aliphatic heterocycles. The SMILES string of the molecule is CCCCNC(=O)N(c1ccncc1)c1cccc2c1CCCC2. The molecule has 3 rings (SSSR count). The summed E-state index contributed by atoms with van der Waals surface area (Å²) in [6, 6.07) is 10.0. The Kier molecular flexibility index (Phi) is 5.47. The number of urea groups is 1. The zero-order chi connectivity index (χ0) is 16.8. The number of amides is 2. The van der Waals surface area contributed by atoms with Gasteiger partial charge in [-0.2, -0.15) is 0 Å². The van der Waals surface area contributed by atoms with E-state index in [1.54, 1.807) is 12.4 Å². The number of carbonyl (C=O) groups is 1. The van der Waals surface area contributed by atoms with Crippen LogP contribution >= 0.6 is 0 Å². The minimum Gasteiger partial charge on any atom is -0.337 e. The summed E-state index contributed by atoms with van der Waals surface area (Å²) in [4.78, 5) is 18.8. The number of nitrogens with zero attached hydrogens (tertiary/aromatic N) is 2. The average molecular weight is 323 g/mol. The van der Waals surface area contributed by atoms with E-state index in [2.05, 4.69) is 35.4 Å². The molecule has 1 aromatic heterocycles. The van der Waals surface area contributed by atoms with E-state index in [-0.39, 0.29) is 6.03 Å². The zero-order valence-corrected chi connectivity index (χ0v) is 14.3. The fourth-order valence-electron chi connectivity index (χ4n) is 3.28. The van der Waals surface area contributed by atoms with Gasteiger partial charge in [0.1, 0.15) is 0 Å². The Morgan fingerprint density at radius 3 is 2.75 bits per heavy atom. The molecule has 4 nitrogen and oxygen atoms in total. The predicted octanol–water partition coefficient (Wildman–Crippen LogP) is 4.61. The first-order valence-corrected chi connectivity index (χ1v) is 8.90. The van der Waals surface area contributed by atoms with Gasteiger partial charge in [-0.3, -0.25) is 9.88 Å². The lowest BCUT2D eigenvalue weighted by atomic mass is 9.90. The summed E-state index contributed by atoms with van der Waals surface area (Å²) >= 11 is 0. The summed E-state index contributed by atoms with van der Waals surface area (Å²) in [6.45, 7) is 2.83. The van der Waals surface area contributed by atoms with Crippen LogP contribution in [0.2, 0.25) is 0 Å². The molecule has 0 radical (unpaired) electrons. The van der Waals surface area contributed by atoms with Crippen molar-refractivity contribution in [3.63, 3.8) is 0 Å². The molecule has 0 spiro atoms. The number of fused-ring (bicyclic) bond motifs is 1. The molecule has 24 heavy (non-hydrogen) atoms. The van der Waals surface area contributed by atoms with Gasteiger partial charge in [-0.05, 0) is 61.4 Å². The van der Waals surface area contributed by atoms with E-state index in [0.717, 1.165) is 37.1 Å². The quantitative estimate of drug-likeness (QED) is 0.817. The van der Waals surface area contributed by atoms with Crippen LogP contribution in [0, 0.1) is 0 Å². The van der Waals surface area contributed by atoms with Gasteiger partial charge in [0.25, 0.3) is 0 Å². The third kappa shape index (κ3) is 3.58. The van der Waals surface area contributed by atoms with Crippen molar-refractivity contribution >= 4 is 17.4 Å². The van der Waals surface area contributed by atoms with Crippen LogP contribution in [-0.2, 0) is 12.8 Å². The maximum atomic E-state index is 12.9. The lowest BCUT2D eigenvalue weighted by molar-refractivity contribution is 0.248. The van der Waals surface area contributed by atoms with Crippen LogP contribution in [0.5, 0.6) is 0 Å². The second kappa shape index (κ2) is 7.95.